The van der Waals surface area contributed by atoms with E-state index in [-0.39, 0.29) is 18.0 Å². The van der Waals surface area contributed by atoms with Crippen LogP contribution in [0.2, 0.25) is 5.02 Å². The van der Waals surface area contributed by atoms with Gasteiger partial charge in [0.15, 0.2) is 0 Å². The Labute approximate surface area is 192 Å². The molecule has 3 heterocycles. The predicted octanol–water partition coefficient (Wildman–Crippen LogP) is 5.00. The van der Waals surface area contributed by atoms with Gasteiger partial charge in [0.25, 0.3) is 5.91 Å². The van der Waals surface area contributed by atoms with E-state index >= 15 is 0 Å². The number of benzene rings is 2. The van der Waals surface area contributed by atoms with Gasteiger partial charge in [-0.3, -0.25) is 4.79 Å². The summed E-state index contributed by atoms with van der Waals surface area (Å²) in [5.74, 6) is 1.29. The first kappa shape index (κ1) is 20.8. The summed E-state index contributed by atoms with van der Waals surface area (Å²) in [6.07, 6.45) is 5.48. The van der Waals surface area contributed by atoms with Crippen LogP contribution in [0.4, 0.5) is 0 Å². The number of nitrogens with one attached hydrogen (secondary N) is 1. The number of amides is 1. The Morgan fingerprint density at radius 3 is 2.59 bits per heavy atom. The first-order valence-corrected chi connectivity index (χ1v) is 11.2. The molecule has 0 radical (unpaired) electrons. The number of hydrazine groups is 1. The van der Waals surface area contributed by atoms with E-state index in [4.69, 9.17) is 16.0 Å². The van der Waals surface area contributed by atoms with E-state index in [1.165, 1.54) is 11.1 Å². The summed E-state index contributed by atoms with van der Waals surface area (Å²) in [5, 5.41) is 2.59. The van der Waals surface area contributed by atoms with Gasteiger partial charge in [0.2, 0.25) is 5.89 Å². The number of carbonyl (C=O) groups is 1. The molecule has 164 valence electrons. The van der Waals surface area contributed by atoms with Crippen molar-refractivity contribution < 1.29 is 9.21 Å². The van der Waals surface area contributed by atoms with Gasteiger partial charge in [-0.25, -0.2) is 10.4 Å². The summed E-state index contributed by atoms with van der Waals surface area (Å²) in [6, 6.07) is 15.9. The van der Waals surface area contributed by atoms with Crippen LogP contribution in [0.5, 0.6) is 0 Å². The molecular formula is C25H25ClN4O2. The lowest BCUT2D eigenvalue weighted by molar-refractivity contribution is -0.135. The topological polar surface area (TPSA) is 61.6 Å². The molecule has 2 unspecified atom stereocenters. The molecule has 1 amide bonds. The van der Waals surface area contributed by atoms with Crippen molar-refractivity contribution in [2.24, 2.45) is 0 Å². The lowest BCUT2D eigenvalue weighted by atomic mass is 9.99. The van der Waals surface area contributed by atoms with Crippen molar-refractivity contribution in [2.75, 3.05) is 0 Å². The van der Waals surface area contributed by atoms with E-state index in [2.05, 4.69) is 41.6 Å². The van der Waals surface area contributed by atoms with E-state index in [1.807, 2.05) is 36.5 Å². The van der Waals surface area contributed by atoms with Gasteiger partial charge in [-0.1, -0.05) is 42.8 Å². The van der Waals surface area contributed by atoms with Gasteiger partial charge in [0.1, 0.15) is 17.5 Å². The van der Waals surface area contributed by atoms with Gasteiger partial charge in [0.05, 0.1) is 12.6 Å². The maximum atomic E-state index is 13.2. The maximum Gasteiger partial charge on any atom is 0.251 e. The molecular weight excluding hydrogens is 424 g/mol. The van der Waals surface area contributed by atoms with E-state index in [0.29, 0.717) is 23.2 Å². The first-order valence-electron chi connectivity index (χ1n) is 10.9. The lowest BCUT2D eigenvalue weighted by Gasteiger charge is -2.31. The number of carbonyl (C=O) groups excluding carboxylic acids is 1. The van der Waals surface area contributed by atoms with Crippen molar-refractivity contribution in [3.8, 4) is 11.5 Å². The van der Waals surface area contributed by atoms with Gasteiger partial charge in [-0.2, -0.15) is 0 Å². The molecule has 6 nitrogen and oxygen atoms in total. The summed E-state index contributed by atoms with van der Waals surface area (Å²) in [6.45, 7) is 4.40. The van der Waals surface area contributed by atoms with Crippen LogP contribution < -0.4 is 5.43 Å². The zero-order valence-electron chi connectivity index (χ0n) is 18.1. The third kappa shape index (κ3) is 3.92. The van der Waals surface area contributed by atoms with Gasteiger partial charge in [-0.15, -0.1) is 0 Å². The summed E-state index contributed by atoms with van der Waals surface area (Å²) < 4.78 is 5.86. The number of hydrogen-bond acceptors (Lipinski definition) is 5. The van der Waals surface area contributed by atoms with E-state index < -0.39 is 0 Å². The van der Waals surface area contributed by atoms with Crippen molar-refractivity contribution in [1.82, 2.24) is 20.3 Å². The van der Waals surface area contributed by atoms with Crippen LogP contribution in [0.1, 0.15) is 42.0 Å². The molecule has 1 fully saturated rings. The monoisotopic (exact) mass is 448 g/mol. The summed E-state index contributed by atoms with van der Waals surface area (Å²) in [5.41, 5.74) is 7.57. The fourth-order valence-corrected chi connectivity index (χ4v) is 4.35. The van der Waals surface area contributed by atoms with Crippen LogP contribution in [0.3, 0.4) is 0 Å². The minimum atomic E-state index is -0.237. The molecule has 2 atom stereocenters. The van der Waals surface area contributed by atoms with Gasteiger partial charge in [-0.05, 0) is 55.2 Å². The number of hydrogen-bond donors (Lipinski definition) is 1. The molecule has 2 aromatic carbocycles. The molecule has 0 spiro atoms. The number of rotatable bonds is 5. The molecule has 32 heavy (non-hydrogen) atoms. The highest BCUT2D eigenvalue weighted by atomic mass is 35.5. The summed E-state index contributed by atoms with van der Waals surface area (Å²) in [7, 11) is 0. The number of halogens is 1. The average molecular weight is 449 g/mol. The third-order valence-electron chi connectivity index (χ3n) is 6.17. The molecule has 0 aliphatic carbocycles. The smallest absolute Gasteiger partial charge is 0.251 e. The highest BCUT2D eigenvalue weighted by Gasteiger charge is 2.40. The van der Waals surface area contributed by atoms with Crippen molar-refractivity contribution in [2.45, 2.75) is 45.3 Å². The Kier molecular flexibility index (Phi) is 5.49. The maximum absolute atomic E-state index is 13.2. The van der Waals surface area contributed by atoms with Crippen LogP contribution in [0.15, 0.2) is 65.3 Å². The van der Waals surface area contributed by atoms with Crippen molar-refractivity contribution in [1.29, 1.82) is 0 Å². The Balaban J connectivity index is 1.29. The fourth-order valence-electron chi connectivity index (χ4n) is 4.22. The predicted molar refractivity (Wildman–Crippen MR) is 123 cm³/mol. The van der Waals surface area contributed by atoms with Gasteiger partial charge in [0, 0.05) is 23.0 Å². The Hall–Kier alpha value is -3.09. The largest absolute Gasteiger partial charge is 0.441 e. The van der Waals surface area contributed by atoms with E-state index in [0.717, 1.165) is 24.1 Å². The van der Waals surface area contributed by atoms with Crippen molar-refractivity contribution in [3.63, 3.8) is 0 Å². The second kappa shape index (κ2) is 8.45. The number of aryl methyl sites for hydroxylation is 2. The fraction of sp³-hybridized carbons (Fsp3) is 0.280. The molecule has 2 aliphatic rings. The highest BCUT2D eigenvalue weighted by molar-refractivity contribution is 6.30. The zero-order valence-corrected chi connectivity index (χ0v) is 18.8. The number of aromatic nitrogens is 1. The van der Waals surface area contributed by atoms with Crippen LogP contribution in [0.25, 0.3) is 11.5 Å². The summed E-state index contributed by atoms with van der Waals surface area (Å²) in [4.78, 5) is 19.6. The highest BCUT2D eigenvalue weighted by Crippen LogP contribution is 2.32. The molecule has 2 aliphatic heterocycles. The standard InChI is InChI=1S/C25H25ClN4O2/c1-3-17-4-6-18(7-5-17)21-14-23-25(31)29(12-13-30(23)28-21)15-22-16(2)32-24(27-22)19-8-10-20(26)11-9-19/h4-13,21,23,28H,3,14-15H2,1-2H3. The van der Waals surface area contributed by atoms with Crippen LogP contribution >= 0.6 is 11.6 Å². The van der Waals surface area contributed by atoms with Crippen LogP contribution in [0, 0.1) is 6.92 Å². The van der Waals surface area contributed by atoms with Crippen LogP contribution in [-0.4, -0.2) is 26.8 Å². The molecule has 1 N–H and O–H groups in total. The first-order chi connectivity index (χ1) is 15.5. The van der Waals surface area contributed by atoms with Crippen LogP contribution in [-0.2, 0) is 17.8 Å². The number of fused-ring (bicyclic) bond motifs is 1. The molecule has 1 saturated heterocycles. The second-order valence-corrected chi connectivity index (χ2v) is 8.67. The zero-order chi connectivity index (χ0) is 22.2. The number of oxazole rings is 1. The lowest BCUT2D eigenvalue weighted by Crippen LogP contribution is -2.47. The van der Waals surface area contributed by atoms with E-state index in [1.54, 1.807) is 17.0 Å². The Bertz CT molecular complexity index is 1150. The normalized spacial score (nSPS) is 20.2. The molecule has 1 aromatic heterocycles. The second-order valence-electron chi connectivity index (χ2n) is 8.23. The minimum absolute atomic E-state index is 0.0584. The Morgan fingerprint density at radius 1 is 1.12 bits per heavy atom. The van der Waals surface area contributed by atoms with Crippen molar-refractivity contribution >= 4 is 17.5 Å². The van der Waals surface area contributed by atoms with Crippen molar-refractivity contribution in [3.05, 3.63) is 88.5 Å². The molecule has 0 saturated carbocycles. The Morgan fingerprint density at radius 2 is 1.88 bits per heavy atom. The molecule has 3 aromatic rings. The number of nitrogens with zero attached hydrogens (tertiary/aromatic N) is 3. The molecule has 0 bridgehead atoms. The van der Waals surface area contributed by atoms with Gasteiger partial charge >= 0.3 is 0 Å². The minimum Gasteiger partial charge on any atom is -0.441 e. The van der Waals surface area contributed by atoms with E-state index in [9.17, 15) is 4.79 Å². The third-order valence-corrected chi connectivity index (χ3v) is 6.42. The quantitative estimate of drug-likeness (QED) is 0.595. The van der Waals surface area contributed by atoms with Gasteiger partial charge < -0.3 is 14.3 Å². The molecule has 5 rings (SSSR count). The molecule has 7 heteroatoms. The average Bonchev–Trinajstić information content (AvgIpc) is 3.40. The SMILES string of the molecule is CCc1ccc(C2CC3C(=O)N(Cc4nc(-c5ccc(Cl)cc5)oc4C)C=CN3N2)cc1. The summed E-state index contributed by atoms with van der Waals surface area (Å²) >= 11 is 5.98.